The smallest absolute Gasteiger partial charge is 0.255 e. The van der Waals surface area contributed by atoms with Crippen molar-refractivity contribution in [1.82, 2.24) is 9.55 Å². The fraction of sp³-hybridized carbons (Fsp3) is 0.333. The fourth-order valence-electron chi connectivity index (χ4n) is 1.66. The van der Waals surface area contributed by atoms with Gasteiger partial charge in [-0.05, 0) is 6.07 Å². The predicted octanol–water partition coefficient (Wildman–Crippen LogP) is 2.66. The van der Waals surface area contributed by atoms with E-state index in [1.54, 1.807) is 17.1 Å². The molecular formula is C12H13ClN2O2. The quantitative estimate of drug-likeness (QED) is 0.789. The van der Waals surface area contributed by atoms with Crippen molar-refractivity contribution in [2.45, 2.75) is 26.3 Å². The van der Waals surface area contributed by atoms with Gasteiger partial charge in [-0.25, -0.2) is 4.98 Å². The molecule has 0 aliphatic carbocycles. The molecule has 0 amide bonds. The summed E-state index contributed by atoms with van der Waals surface area (Å²) in [6.45, 7) is 4.40. The molecule has 0 unspecified atom stereocenters. The maximum atomic E-state index is 11.9. The largest absolute Gasteiger partial charge is 0.472 e. The molecule has 2 heterocycles. The number of halogens is 1. The van der Waals surface area contributed by atoms with Crippen LogP contribution in [-0.4, -0.2) is 9.55 Å². The molecule has 0 N–H and O–H groups in total. The lowest BCUT2D eigenvalue weighted by Gasteiger charge is -2.13. The van der Waals surface area contributed by atoms with Gasteiger partial charge < -0.3 is 4.42 Å². The van der Waals surface area contributed by atoms with E-state index in [2.05, 4.69) is 4.98 Å². The van der Waals surface area contributed by atoms with Gasteiger partial charge in [-0.3, -0.25) is 9.36 Å². The Morgan fingerprint density at radius 2 is 2.29 bits per heavy atom. The second kappa shape index (κ2) is 4.75. The molecule has 0 saturated heterocycles. The van der Waals surface area contributed by atoms with Crippen LogP contribution >= 0.6 is 11.6 Å². The van der Waals surface area contributed by atoms with E-state index in [9.17, 15) is 4.79 Å². The fourth-order valence-corrected chi connectivity index (χ4v) is 1.84. The Morgan fingerprint density at radius 3 is 2.88 bits per heavy atom. The highest BCUT2D eigenvalue weighted by Gasteiger charge is 2.12. The van der Waals surface area contributed by atoms with Gasteiger partial charge in [-0.15, -0.1) is 0 Å². The number of nitrogens with zero attached hydrogens (tertiary/aromatic N) is 2. The zero-order valence-corrected chi connectivity index (χ0v) is 10.4. The number of hydrogen-bond donors (Lipinski definition) is 0. The van der Waals surface area contributed by atoms with Gasteiger partial charge in [-0.2, -0.15) is 0 Å². The van der Waals surface area contributed by atoms with Crippen LogP contribution in [0.1, 0.15) is 31.2 Å². The van der Waals surface area contributed by atoms with Crippen molar-refractivity contribution in [1.29, 1.82) is 0 Å². The first-order valence-corrected chi connectivity index (χ1v) is 5.74. The second-order valence-corrected chi connectivity index (χ2v) is 4.53. The van der Waals surface area contributed by atoms with E-state index in [0.29, 0.717) is 12.4 Å². The van der Waals surface area contributed by atoms with Crippen LogP contribution in [0.4, 0.5) is 0 Å². The van der Waals surface area contributed by atoms with Gasteiger partial charge in [0.15, 0.2) is 0 Å². The van der Waals surface area contributed by atoms with E-state index >= 15 is 0 Å². The van der Waals surface area contributed by atoms with Crippen molar-refractivity contribution in [3.8, 4) is 0 Å². The molecule has 2 rings (SSSR count). The zero-order valence-electron chi connectivity index (χ0n) is 9.68. The molecule has 2 aromatic rings. The summed E-state index contributed by atoms with van der Waals surface area (Å²) in [7, 11) is 0. The normalized spacial score (nSPS) is 11.1. The van der Waals surface area contributed by atoms with Gasteiger partial charge in [-0.1, -0.05) is 25.4 Å². The Kier molecular flexibility index (Phi) is 3.33. The van der Waals surface area contributed by atoms with Crippen LogP contribution in [0.3, 0.4) is 0 Å². The van der Waals surface area contributed by atoms with Gasteiger partial charge in [0.25, 0.3) is 5.56 Å². The summed E-state index contributed by atoms with van der Waals surface area (Å²) in [5.41, 5.74) is 0.785. The van der Waals surface area contributed by atoms with Crippen molar-refractivity contribution in [2.75, 3.05) is 0 Å². The molecular weight excluding hydrogens is 240 g/mol. The molecule has 0 fully saturated rings. The van der Waals surface area contributed by atoms with E-state index in [-0.39, 0.29) is 16.6 Å². The summed E-state index contributed by atoms with van der Waals surface area (Å²) in [5, 5.41) is 0.238. The highest BCUT2D eigenvalue weighted by molar-refractivity contribution is 6.29. The average Bonchev–Trinajstić information content (AvgIpc) is 2.74. The summed E-state index contributed by atoms with van der Waals surface area (Å²) in [6.07, 6.45) is 3.20. The minimum Gasteiger partial charge on any atom is -0.472 e. The van der Waals surface area contributed by atoms with E-state index in [1.807, 2.05) is 19.9 Å². The molecule has 2 aromatic heterocycles. The number of hydrogen-bond acceptors (Lipinski definition) is 3. The van der Waals surface area contributed by atoms with Gasteiger partial charge in [0.1, 0.15) is 11.0 Å². The molecule has 0 bridgehead atoms. The third-order valence-electron chi connectivity index (χ3n) is 2.44. The first-order valence-electron chi connectivity index (χ1n) is 5.36. The van der Waals surface area contributed by atoms with Gasteiger partial charge in [0.2, 0.25) is 0 Å². The van der Waals surface area contributed by atoms with Crippen molar-refractivity contribution >= 4 is 11.6 Å². The van der Waals surface area contributed by atoms with Gasteiger partial charge >= 0.3 is 0 Å². The summed E-state index contributed by atoms with van der Waals surface area (Å²) >= 11 is 5.81. The summed E-state index contributed by atoms with van der Waals surface area (Å²) in [6, 6.07) is 3.15. The van der Waals surface area contributed by atoms with Crippen LogP contribution in [0.5, 0.6) is 0 Å². The highest BCUT2D eigenvalue weighted by Crippen LogP contribution is 2.14. The highest BCUT2D eigenvalue weighted by atomic mass is 35.5. The topological polar surface area (TPSA) is 48.0 Å². The van der Waals surface area contributed by atoms with Crippen molar-refractivity contribution < 1.29 is 4.42 Å². The average molecular weight is 253 g/mol. The van der Waals surface area contributed by atoms with Crippen molar-refractivity contribution in [2.24, 2.45) is 0 Å². The molecule has 0 radical (unpaired) electrons. The molecule has 0 aromatic carbocycles. The lowest BCUT2D eigenvalue weighted by molar-refractivity contribution is 0.558. The summed E-state index contributed by atoms with van der Waals surface area (Å²) in [4.78, 5) is 16.1. The molecule has 0 spiro atoms. The second-order valence-electron chi connectivity index (χ2n) is 4.15. The van der Waals surface area contributed by atoms with Crippen LogP contribution in [0.2, 0.25) is 5.15 Å². The minimum atomic E-state index is -0.144. The van der Waals surface area contributed by atoms with E-state index in [0.717, 1.165) is 5.56 Å². The Balaban J connectivity index is 2.48. The third kappa shape index (κ3) is 2.58. The van der Waals surface area contributed by atoms with Crippen LogP contribution in [0, 0.1) is 0 Å². The van der Waals surface area contributed by atoms with Gasteiger partial charge in [0, 0.05) is 17.5 Å². The van der Waals surface area contributed by atoms with Crippen LogP contribution in [0.15, 0.2) is 33.9 Å². The van der Waals surface area contributed by atoms with Crippen LogP contribution in [0.25, 0.3) is 0 Å². The summed E-state index contributed by atoms with van der Waals surface area (Å²) in [5.74, 6) is 0.817. The van der Waals surface area contributed by atoms with E-state index < -0.39 is 0 Å². The molecule has 0 aliphatic heterocycles. The standard InChI is InChI=1S/C12H13ClN2O2/c1-8(2)12-14-10(13)5-11(16)15(12)6-9-3-4-17-7-9/h3-5,7-8H,6H2,1-2H3. The molecule has 5 heteroatoms. The lowest BCUT2D eigenvalue weighted by atomic mass is 10.2. The molecule has 90 valence electrons. The predicted molar refractivity (Wildman–Crippen MR) is 65.4 cm³/mol. The Labute approximate surface area is 104 Å². The monoisotopic (exact) mass is 252 g/mol. The number of furan rings is 1. The first-order chi connectivity index (χ1) is 8.08. The summed E-state index contributed by atoms with van der Waals surface area (Å²) < 4.78 is 6.60. The van der Waals surface area contributed by atoms with Crippen molar-refractivity contribution in [3.05, 3.63) is 51.6 Å². The van der Waals surface area contributed by atoms with Crippen molar-refractivity contribution in [3.63, 3.8) is 0 Å². The van der Waals surface area contributed by atoms with E-state index in [4.69, 9.17) is 16.0 Å². The van der Waals surface area contributed by atoms with E-state index in [1.165, 1.54) is 6.07 Å². The molecule has 0 aliphatic rings. The SMILES string of the molecule is CC(C)c1nc(Cl)cc(=O)n1Cc1ccoc1. The zero-order chi connectivity index (χ0) is 12.4. The number of rotatable bonds is 3. The minimum absolute atomic E-state index is 0.133. The first kappa shape index (κ1) is 11.9. The Bertz CT molecular complexity index is 558. The van der Waals surface area contributed by atoms with Gasteiger partial charge in [0.05, 0.1) is 19.1 Å². The molecule has 0 atom stereocenters. The maximum Gasteiger partial charge on any atom is 0.255 e. The lowest BCUT2D eigenvalue weighted by Crippen LogP contribution is -2.25. The Hall–Kier alpha value is -1.55. The molecule has 17 heavy (non-hydrogen) atoms. The third-order valence-corrected chi connectivity index (χ3v) is 2.64. The maximum absolute atomic E-state index is 11.9. The molecule has 0 saturated carbocycles. The Morgan fingerprint density at radius 1 is 1.53 bits per heavy atom. The molecule has 4 nitrogen and oxygen atoms in total. The van der Waals surface area contributed by atoms with Crippen LogP contribution in [-0.2, 0) is 6.54 Å². The van der Waals surface area contributed by atoms with Crippen LogP contribution < -0.4 is 5.56 Å². The number of aromatic nitrogens is 2.